The Morgan fingerprint density at radius 1 is 1.31 bits per heavy atom. The number of hydrazone groups is 1. The van der Waals surface area contributed by atoms with E-state index in [1.165, 1.54) is 30.6 Å². The second-order valence-corrected chi connectivity index (χ2v) is 6.37. The molecule has 8 heteroatoms. The predicted molar refractivity (Wildman–Crippen MR) is 101 cm³/mol. The summed E-state index contributed by atoms with van der Waals surface area (Å²) < 4.78 is 18.3. The maximum Gasteiger partial charge on any atom is 0.196 e. The third kappa shape index (κ3) is 3.99. The summed E-state index contributed by atoms with van der Waals surface area (Å²) in [6.45, 7) is 0. The zero-order valence-corrected chi connectivity index (χ0v) is 15.1. The van der Waals surface area contributed by atoms with Gasteiger partial charge in [-0.2, -0.15) is 10.4 Å². The predicted octanol–water partition coefficient (Wildman–Crippen LogP) is 4.95. The summed E-state index contributed by atoms with van der Waals surface area (Å²) in [5, 5.41) is 16.2. The molecule has 0 radical (unpaired) electrons. The summed E-state index contributed by atoms with van der Waals surface area (Å²) in [5.74, 6) is 0.227. The molecular formula is C18H12ClFN4OS. The number of methoxy groups -OCH3 is 1. The number of hydrogen-bond acceptors (Lipinski definition) is 6. The number of benzene rings is 2. The first-order chi connectivity index (χ1) is 12.6. The minimum Gasteiger partial charge on any atom is -0.495 e. The minimum atomic E-state index is -0.317. The third-order valence-corrected chi connectivity index (χ3v) is 4.49. The molecule has 26 heavy (non-hydrogen) atoms. The van der Waals surface area contributed by atoms with Crippen LogP contribution in [0, 0.1) is 17.1 Å². The van der Waals surface area contributed by atoms with E-state index in [1.54, 1.807) is 35.7 Å². The molecule has 0 fully saturated rings. The van der Waals surface area contributed by atoms with Gasteiger partial charge in [0.15, 0.2) is 10.7 Å². The Balaban J connectivity index is 1.86. The largest absolute Gasteiger partial charge is 0.495 e. The van der Waals surface area contributed by atoms with Crippen molar-refractivity contribution < 1.29 is 9.13 Å². The van der Waals surface area contributed by atoms with Gasteiger partial charge < -0.3 is 4.74 Å². The fraction of sp³-hybridized carbons (Fsp3) is 0.0556. The van der Waals surface area contributed by atoms with Crippen molar-refractivity contribution in [2.24, 2.45) is 5.10 Å². The van der Waals surface area contributed by atoms with Gasteiger partial charge >= 0.3 is 0 Å². The number of anilines is 1. The summed E-state index contributed by atoms with van der Waals surface area (Å²) in [6, 6.07) is 13.0. The van der Waals surface area contributed by atoms with Crippen LogP contribution in [0.2, 0.25) is 5.02 Å². The van der Waals surface area contributed by atoms with E-state index < -0.39 is 0 Å². The Morgan fingerprint density at radius 2 is 2.08 bits per heavy atom. The molecule has 3 aromatic rings. The maximum atomic E-state index is 13.0. The van der Waals surface area contributed by atoms with Gasteiger partial charge in [-0.15, -0.1) is 11.3 Å². The van der Waals surface area contributed by atoms with Crippen molar-refractivity contribution in [3.8, 4) is 23.1 Å². The van der Waals surface area contributed by atoms with Crippen LogP contribution in [-0.2, 0) is 0 Å². The summed E-state index contributed by atoms with van der Waals surface area (Å²) in [5.41, 5.74) is 4.84. The molecule has 2 aromatic carbocycles. The van der Waals surface area contributed by atoms with Gasteiger partial charge in [0.05, 0.1) is 18.5 Å². The van der Waals surface area contributed by atoms with Gasteiger partial charge in [0.1, 0.15) is 17.6 Å². The van der Waals surface area contributed by atoms with Crippen molar-refractivity contribution in [2.75, 3.05) is 12.5 Å². The van der Waals surface area contributed by atoms with Crippen molar-refractivity contribution in [1.82, 2.24) is 4.98 Å². The molecule has 1 aromatic heterocycles. The Bertz CT molecular complexity index is 995. The number of hydrogen-bond donors (Lipinski definition) is 1. The molecule has 0 aliphatic carbocycles. The van der Waals surface area contributed by atoms with Crippen molar-refractivity contribution in [3.05, 3.63) is 63.7 Å². The van der Waals surface area contributed by atoms with Gasteiger partial charge in [-0.1, -0.05) is 11.6 Å². The van der Waals surface area contributed by atoms with E-state index >= 15 is 0 Å². The van der Waals surface area contributed by atoms with Crippen LogP contribution in [-0.4, -0.2) is 17.8 Å². The third-order valence-electron chi connectivity index (χ3n) is 3.40. The SMILES string of the molecule is COc1ccc(Cl)cc1NN=C(C#N)c1nc(-c2ccc(F)cc2)cs1. The van der Waals surface area contributed by atoms with Crippen LogP contribution in [0.1, 0.15) is 5.01 Å². The van der Waals surface area contributed by atoms with Gasteiger partial charge in [0, 0.05) is 16.0 Å². The maximum absolute atomic E-state index is 13.0. The number of thiazole rings is 1. The lowest BCUT2D eigenvalue weighted by atomic mass is 10.2. The molecule has 5 nitrogen and oxygen atoms in total. The molecule has 3 rings (SSSR count). The van der Waals surface area contributed by atoms with Crippen LogP contribution < -0.4 is 10.2 Å². The highest BCUT2D eigenvalue weighted by Crippen LogP contribution is 2.28. The topological polar surface area (TPSA) is 70.3 Å². The van der Waals surface area contributed by atoms with E-state index in [-0.39, 0.29) is 11.5 Å². The zero-order valence-electron chi connectivity index (χ0n) is 13.5. The standard InChI is InChI=1S/C18H12ClFN4OS/c1-25-17-7-4-12(19)8-14(17)23-24-15(9-21)18-22-16(10-26-18)11-2-5-13(20)6-3-11/h2-8,10,23H,1H3. The van der Waals surface area contributed by atoms with Crippen molar-refractivity contribution >= 4 is 34.3 Å². The summed E-state index contributed by atoms with van der Waals surface area (Å²) in [7, 11) is 1.53. The highest BCUT2D eigenvalue weighted by Gasteiger charge is 2.11. The number of aromatic nitrogens is 1. The molecule has 0 aliphatic rings. The lowest BCUT2D eigenvalue weighted by Gasteiger charge is -2.07. The van der Waals surface area contributed by atoms with E-state index in [1.807, 2.05) is 6.07 Å². The van der Waals surface area contributed by atoms with Crippen molar-refractivity contribution in [2.45, 2.75) is 0 Å². The molecule has 0 saturated heterocycles. The molecule has 0 saturated carbocycles. The monoisotopic (exact) mass is 386 g/mol. The zero-order chi connectivity index (χ0) is 18.5. The normalized spacial score (nSPS) is 11.1. The van der Waals surface area contributed by atoms with Gasteiger partial charge in [0.25, 0.3) is 0 Å². The first-order valence-electron chi connectivity index (χ1n) is 7.40. The van der Waals surface area contributed by atoms with Crippen LogP contribution in [0.4, 0.5) is 10.1 Å². The quantitative estimate of drug-likeness (QED) is 0.497. The molecule has 0 atom stereocenters. The first kappa shape index (κ1) is 17.9. The first-order valence-corrected chi connectivity index (χ1v) is 8.65. The van der Waals surface area contributed by atoms with Gasteiger partial charge in [-0.25, -0.2) is 9.37 Å². The summed E-state index contributed by atoms with van der Waals surface area (Å²) in [4.78, 5) is 4.40. The average molecular weight is 387 g/mol. The van der Waals surface area contributed by atoms with Crippen LogP contribution in [0.25, 0.3) is 11.3 Å². The second kappa shape index (κ2) is 7.95. The molecule has 130 valence electrons. The van der Waals surface area contributed by atoms with Gasteiger partial charge in [-0.05, 0) is 42.5 Å². The van der Waals surface area contributed by atoms with Crippen LogP contribution in [0.3, 0.4) is 0 Å². The number of rotatable bonds is 5. The number of ether oxygens (including phenoxy) is 1. The number of halogens is 2. The van der Waals surface area contributed by atoms with E-state index in [0.717, 1.165) is 5.56 Å². The van der Waals surface area contributed by atoms with Crippen molar-refractivity contribution in [1.29, 1.82) is 5.26 Å². The molecular weight excluding hydrogens is 375 g/mol. The Labute approximate surface area is 158 Å². The number of nitrogens with one attached hydrogen (secondary N) is 1. The lowest BCUT2D eigenvalue weighted by molar-refractivity contribution is 0.416. The Hall–Kier alpha value is -2.95. The molecule has 0 unspecified atom stereocenters. The minimum absolute atomic E-state index is 0.116. The van der Waals surface area contributed by atoms with Gasteiger partial charge in [-0.3, -0.25) is 5.43 Å². The van der Waals surface area contributed by atoms with E-state index in [9.17, 15) is 9.65 Å². The Kier molecular flexibility index (Phi) is 5.46. The summed E-state index contributed by atoms with van der Waals surface area (Å²) in [6.07, 6.45) is 0. The van der Waals surface area contributed by atoms with Crippen molar-refractivity contribution in [3.63, 3.8) is 0 Å². The fourth-order valence-electron chi connectivity index (χ4n) is 2.14. The van der Waals surface area contributed by atoms with Gasteiger partial charge in [0.2, 0.25) is 0 Å². The lowest BCUT2D eigenvalue weighted by Crippen LogP contribution is -2.02. The number of nitrogens with zero attached hydrogens (tertiary/aromatic N) is 3. The van der Waals surface area contributed by atoms with E-state index in [0.29, 0.717) is 27.2 Å². The molecule has 0 amide bonds. The average Bonchev–Trinajstić information content (AvgIpc) is 3.13. The smallest absolute Gasteiger partial charge is 0.196 e. The van der Waals surface area contributed by atoms with E-state index in [2.05, 4.69) is 15.5 Å². The highest BCUT2D eigenvalue weighted by atomic mass is 35.5. The molecule has 0 aliphatic heterocycles. The highest BCUT2D eigenvalue weighted by molar-refractivity contribution is 7.12. The molecule has 0 bridgehead atoms. The van der Waals surface area contributed by atoms with Crippen LogP contribution in [0.15, 0.2) is 52.9 Å². The second-order valence-electron chi connectivity index (χ2n) is 5.07. The molecule has 1 N–H and O–H groups in total. The van der Waals surface area contributed by atoms with Crippen LogP contribution >= 0.6 is 22.9 Å². The van der Waals surface area contributed by atoms with E-state index in [4.69, 9.17) is 16.3 Å². The molecule has 1 heterocycles. The Morgan fingerprint density at radius 3 is 2.77 bits per heavy atom. The fourth-order valence-corrected chi connectivity index (χ4v) is 3.08. The molecule has 0 spiro atoms. The summed E-state index contributed by atoms with van der Waals surface area (Å²) >= 11 is 7.25. The number of nitriles is 1. The van der Waals surface area contributed by atoms with Crippen LogP contribution in [0.5, 0.6) is 5.75 Å².